The number of nitrogens with zero attached hydrogens (tertiary/aromatic N) is 1. The van der Waals surface area contributed by atoms with Crippen LogP contribution in [0.15, 0.2) is 60.7 Å². The fourth-order valence-electron chi connectivity index (χ4n) is 4.00. The lowest BCUT2D eigenvalue weighted by Crippen LogP contribution is -2.45. The summed E-state index contributed by atoms with van der Waals surface area (Å²) in [4.78, 5) is 26.4. The number of carbonyl (C=O) groups is 2. The van der Waals surface area contributed by atoms with E-state index in [0.717, 1.165) is 24.0 Å². The number of carboxylic acids is 1. The molecule has 25 heavy (non-hydrogen) atoms. The highest BCUT2D eigenvalue weighted by molar-refractivity contribution is 5.86. The van der Waals surface area contributed by atoms with E-state index in [1.54, 1.807) is 6.92 Å². The third-order valence-electron chi connectivity index (χ3n) is 5.22. The molecule has 1 fully saturated rings. The summed E-state index contributed by atoms with van der Waals surface area (Å²) >= 11 is 0. The van der Waals surface area contributed by atoms with Gasteiger partial charge >= 0.3 is 5.97 Å². The van der Waals surface area contributed by atoms with Crippen LogP contribution in [0.2, 0.25) is 0 Å². The molecule has 1 N–H and O–H groups in total. The molecule has 1 amide bonds. The molecule has 0 spiro atoms. The van der Waals surface area contributed by atoms with Gasteiger partial charge in [-0.25, -0.2) is 0 Å². The van der Waals surface area contributed by atoms with E-state index < -0.39 is 11.4 Å². The van der Waals surface area contributed by atoms with Crippen molar-refractivity contribution in [3.63, 3.8) is 0 Å². The van der Waals surface area contributed by atoms with Crippen molar-refractivity contribution in [2.45, 2.75) is 37.6 Å². The third kappa shape index (κ3) is 3.16. The maximum atomic E-state index is 12.6. The van der Waals surface area contributed by atoms with Crippen molar-refractivity contribution >= 4 is 11.9 Å². The fraction of sp³-hybridized carbons (Fsp3) is 0.333. The molecule has 1 atom stereocenters. The average Bonchev–Trinajstić information content (AvgIpc) is 3.09. The Hall–Kier alpha value is -2.62. The summed E-state index contributed by atoms with van der Waals surface area (Å²) in [6.45, 7) is 2.27. The highest BCUT2D eigenvalue weighted by Crippen LogP contribution is 2.40. The van der Waals surface area contributed by atoms with E-state index in [1.807, 2.05) is 65.6 Å². The molecular formula is C21H23NO3. The first-order valence-corrected chi connectivity index (χ1v) is 8.67. The van der Waals surface area contributed by atoms with E-state index in [2.05, 4.69) is 0 Å². The number of aliphatic carboxylic acids is 1. The molecule has 1 heterocycles. The second-order valence-corrected chi connectivity index (χ2v) is 6.66. The van der Waals surface area contributed by atoms with Gasteiger partial charge in [0, 0.05) is 19.5 Å². The van der Waals surface area contributed by atoms with Crippen LogP contribution in [0.1, 0.15) is 37.3 Å². The summed E-state index contributed by atoms with van der Waals surface area (Å²) in [5.41, 5.74) is 0.346. The number of rotatable bonds is 5. The summed E-state index contributed by atoms with van der Waals surface area (Å²) in [6, 6.07) is 18.7. The van der Waals surface area contributed by atoms with Gasteiger partial charge in [-0.1, -0.05) is 60.7 Å². The van der Waals surface area contributed by atoms with Crippen LogP contribution in [-0.4, -0.2) is 34.5 Å². The van der Waals surface area contributed by atoms with Gasteiger partial charge in [0.2, 0.25) is 5.91 Å². The van der Waals surface area contributed by atoms with E-state index in [1.165, 1.54) is 0 Å². The topological polar surface area (TPSA) is 57.6 Å². The van der Waals surface area contributed by atoms with Gasteiger partial charge in [0.1, 0.15) is 5.41 Å². The largest absolute Gasteiger partial charge is 0.480 e. The quantitative estimate of drug-likeness (QED) is 0.909. The monoisotopic (exact) mass is 337 g/mol. The maximum Gasteiger partial charge on any atom is 0.318 e. The van der Waals surface area contributed by atoms with Crippen LogP contribution in [0.4, 0.5) is 0 Å². The molecule has 1 unspecified atom stereocenters. The minimum atomic E-state index is -1.16. The van der Waals surface area contributed by atoms with Crippen LogP contribution in [0.25, 0.3) is 0 Å². The van der Waals surface area contributed by atoms with Gasteiger partial charge < -0.3 is 10.0 Å². The zero-order valence-corrected chi connectivity index (χ0v) is 14.4. The van der Waals surface area contributed by atoms with Crippen LogP contribution < -0.4 is 0 Å². The predicted octanol–water partition coefficient (Wildman–Crippen LogP) is 3.46. The van der Waals surface area contributed by atoms with E-state index >= 15 is 0 Å². The maximum absolute atomic E-state index is 12.6. The summed E-state index contributed by atoms with van der Waals surface area (Å²) in [6.07, 6.45) is 2.15. The molecule has 1 saturated heterocycles. The van der Waals surface area contributed by atoms with Crippen molar-refractivity contribution in [2.24, 2.45) is 0 Å². The average molecular weight is 337 g/mol. The zero-order valence-electron chi connectivity index (χ0n) is 14.4. The number of benzene rings is 2. The van der Waals surface area contributed by atoms with Crippen molar-refractivity contribution in [3.8, 4) is 0 Å². The predicted molar refractivity (Wildman–Crippen MR) is 96.3 cm³/mol. The smallest absolute Gasteiger partial charge is 0.318 e. The molecule has 0 radical (unpaired) electrons. The second kappa shape index (κ2) is 7.09. The van der Waals surface area contributed by atoms with Crippen LogP contribution in [0.3, 0.4) is 0 Å². The lowest BCUT2D eigenvalue weighted by molar-refractivity contribution is -0.144. The number of likely N-dealkylation sites (tertiary alicyclic amines) is 1. The Labute approximate surface area is 148 Å². The Bertz CT molecular complexity index is 703. The highest BCUT2D eigenvalue weighted by Gasteiger charge is 2.46. The van der Waals surface area contributed by atoms with Crippen LogP contribution in [-0.2, 0) is 15.0 Å². The standard InChI is InChI=1S/C21H23NO3/c1-16(23)22-14-8-13-19(22)15-21(20(24)25,17-9-4-2-5-10-17)18-11-6-3-7-12-18/h2-7,9-12,19H,8,13-15H2,1H3,(H,24,25). The molecular weight excluding hydrogens is 314 g/mol. The molecule has 1 aliphatic heterocycles. The lowest BCUT2D eigenvalue weighted by Gasteiger charge is -2.36. The van der Waals surface area contributed by atoms with E-state index in [9.17, 15) is 14.7 Å². The van der Waals surface area contributed by atoms with Crippen molar-refractivity contribution < 1.29 is 14.7 Å². The van der Waals surface area contributed by atoms with Gasteiger partial charge in [0.25, 0.3) is 0 Å². The molecule has 0 bridgehead atoms. The summed E-state index contributed by atoms with van der Waals surface area (Å²) in [7, 11) is 0. The van der Waals surface area contributed by atoms with E-state index in [-0.39, 0.29) is 11.9 Å². The SMILES string of the molecule is CC(=O)N1CCCC1CC(C(=O)O)(c1ccccc1)c1ccccc1. The Morgan fingerprint density at radius 1 is 1.04 bits per heavy atom. The molecule has 0 aromatic heterocycles. The number of carbonyl (C=O) groups excluding carboxylic acids is 1. The molecule has 0 aliphatic carbocycles. The molecule has 3 rings (SSSR count). The first-order valence-electron chi connectivity index (χ1n) is 8.67. The van der Waals surface area contributed by atoms with E-state index in [4.69, 9.17) is 0 Å². The van der Waals surface area contributed by atoms with Crippen LogP contribution >= 0.6 is 0 Å². The molecule has 4 heteroatoms. The first kappa shape index (κ1) is 17.2. The van der Waals surface area contributed by atoms with Gasteiger partial charge in [-0.05, 0) is 30.4 Å². The Morgan fingerprint density at radius 3 is 2.00 bits per heavy atom. The van der Waals surface area contributed by atoms with Crippen molar-refractivity contribution in [2.75, 3.05) is 6.54 Å². The Morgan fingerprint density at radius 2 is 1.56 bits per heavy atom. The molecule has 2 aromatic rings. The van der Waals surface area contributed by atoms with Gasteiger partial charge in [-0.15, -0.1) is 0 Å². The van der Waals surface area contributed by atoms with Crippen LogP contribution in [0.5, 0.6) is 0 Å². The summed E-state index contributed by atoms with van der Waals surface area (Å²) in [5, 5.41) is 10.3. The van der Waals surface area contributed by atoms with Crippen molar-refractivity contribution in [1.82, 2.24) is 4.90 Å². The Kier molecular flexibility index (Phi) is 4.88. The van der Waals surface area contributed by atoms with Crippen LogP contribution in [0, 0.1) is 0 Å². The summed E-state index contributed by atoms with van der Waals surface area (Å²) < 4.78 is 0. The molecule has 4 nitrogen and oxygen atoms in total. The number of carboxylic acid groups (broad SMARTS) is 1. The third-order valence-corrected chi connectivity index (χ3v) is 5.22. The zero-order chi connectivity index (χ0) is 17.9. The molecule has 130 valence electrons. The minimum Gasteiger partial charge on any atom is -0.480 e. The van der Waals surface area contributed by atoms with Crippen molar-refractivity contribution in [3.05, 3.63) is 71.8 Å². The molecule has 1 aliphatic rings. The summed E-state index contributed by atoms with van der Waals surface area (Å²) in [5.74, 6) is -0.858. The van der Waals surface area contributed by atoms with Gasteiger partial charge in [-0.3, -0.25) is 9.59 Å². The molecule has 0 saturated carbocycles. The van der Waals surface area contributed by atoms with Gasteiger partial charge in [0.15, 0.2) is 0 Å². The Balaban J connectivity index is 2.11. The number of hydrogen-bond donors (Lipinski definition) is 1. The van der Waals surface area contributed by atoms with Crippen molar-refractivity contribution in [1.29, 1.82) is 0 Å². The fourth-order valence-corrected chi connectivity index (χ4v) is 4.00. The normalized spacial score (nSPS) is 17.5. The van der Waals surface area contributed by atoms with Gasteiger partial charge in [0.05, 0.1) is 0 Å². The molecule has 2 aromatic carbocycles. The first-order chi connectivity index (χ1) is 12.1. The second-order valence-electron chi connectivity index (χ2n) is 6.66. The van der Waals surface area contributed by atoms with Gasteiger partial charge in [-0.2, -0.15) is 0 Å². The van der Waals surface area contributed by atoms with E-state index in [0.29, 0.717) is 13.0 Å². The lowest BCUT2D eigenvalue weighted by atomic mass is 9.70. The highest BCUT2D eigenvalue weighted by atomic mass is 16.4. The number of hydrogen-bond acceptors (Lipinski definition) is 2. The minimum absolute atomic E-state index is 0.0166. The number of amides is 1.